The van der Waals surface area contributed by atoms with Crippen LogP contribution < -0.4 is 5.53 Å². The Morgan fingerprint density at radius 1 is 0.850 bits per heavy atom. The zero-order valence-corrected chi connectivity index (χ0v) is 10.9. The molecule has 4 heteroatoms. The minimum atomic E-state index is 1.10. The summed E-state index contributed by atoms with van der Waals surface area (Å²) in [6.07, 6.45) is 5.90. The van der Waals surface area contributed by atoms with E-state index >= 15 is 0 Å². The number of hydrazone groups is 1. The number of fused-ring (bicyclic) bond motifs is 3. The van der Waals surface area contributed by atoms with Crippen LogP contribution in [0, 0.1) is 0 Å². The molecule has 1 aliphatic heterocycles. The molecular formula is C16H14N4. The normalized spacial score (nSPS) is 13.6. The SMILES string of the molecule is C1=CN=NNN=C1.c1ccc2c(c1)Cc1ccccc1-2. The van der Waals surface area contributed by atoms with Gasteiger partial charge < -0.3 is 0 Å². The molecule has 2 aliphatic rings. The third-order valence-corrected chi connectivity index (χ3v) is 3.18. The maximum absolute atomic E-state index is 3.55. The van der Waals surface area contributed by atoms with E-state index in [9.17, 15) is 0 Å². The van der Waals surface area contributed by atoms with Crippen LogP contribution >= 0.6 is 0 Å². The van der Waals surface area contributed by atoms with Gasteiger partial charge in [-0.3, -0.25) is 0 Å². The van der Waals surface area contributed by atoms with Crippen LogP contribution in [0.25, 0.3) is 11.1 Å². The van der Waals surface area contributed by atoms with Gasteiger partial charge in [0.25, 0.3) is 0 Å². The maximum atomic E-state index is 3.55. The largest absolute Gasteiger partial charge is 0.179 e. The molecule has 0 unspecified atom stereocenters. The van der Waals surface area contributed by atoms with Gasteiger partial charge in [-0.05, 0) is 34.8 Å². The van der Waals surface area contributed by atoms with Crippen molar-refractivity contribution in [3.05, 3.63) is 71.9 Å². The Balaban J connectivity index is 0.000000147. The molecule has 0 radical (unpaired) electrons. The standard InChI is InChI=1S/C13H10.C3H4N4/c1-3-7-12-10(5-1)9-11-6-2-4-8-13(11)12;1-2-4-6-7-5-3-1/h1-8H,9H2;1-3H,(H,4,7). The predicted octanol–water partition coefficient (Wildman–Crippen LogP) is 3.71. The van der Waals surface area contributed by atoms with Gasteiger partial charge >= 0.3 is 0 Å². The molecule has 0 saturated carbocycles. The van der Waals surface area contributed by atoms with E-state index in [1.807, 2.05) is 0 Å². The van der Waals surface area contributed by atoms with Crippen molar-refractivity contribution in [2.45, 2.75) is 6.42 Å². The fourth-order valence-corrected chi connectivity index (χ4v) is 2.32. The van der Waals surface area contributed by atoms with Gasteiger partial charge in [0.2, 0.25) is 0 Å². The monoisotopic (exact) mass is 262 g/mol. The van der Waals surface area contributed by atoms with Crippen molar-refractivity contribution >= 4 is 6.21 Å². The first-order valence-corrected chi connectivity index (χ1v) is 6.44. The van der Waals surface area contributed by atoms with Gasteiger partial charge in [-0.1, -0.05) is 53.8 Å². The number of rotatable bonds is 0. The van der Waals surface area contributed by atoms with Gasteiger partial charge in [-0.15, -0.1) is 5.11 Å². The highest BCUT2D eigenvalue weighted by molar-refractivity contribution is 5.76. The first kappa shape index (κ1) is 12.3. The second-order valence-corrected chi connectivity index (χ2v) is 4.43. The summed E-state index contributed by atoms with van der Waals surface area (Å²) in [5, 5.41) is 10.4. The Morgan fingerprint density at radius 2 is 1.50 bits per heavy atom. The summed E-state index contributed by atoms with van der Waals surface area (Å²) in [7, 11) is 0. The molecule has 0 fully saturated rings. The number of hydrogen-bond acceptors (Lipinski definition) is 4. The summed E-state index contributed by atoms with van der Waals surface area (Å²) in [4.78, 5) is 0. The summed E-state index contributed by atoms with van der Waals surface area (Å²) in [6.45, 7) is 0. The predicted molar refractivity (Wildman–Crippen MR) is 80.3 cm³/mol. The van der Waals surface area contributed by atoms with Crippen LogP contribution in [0.5, 0.6) is 0 Å². The minimum absolute atomic E-state index is 1.10. The molecule has 1 heterocycles. The average molecular weight is 262 g/mol. The fourth-order valence-electron chi connectivity index (χ4n) is 2.32. The highest BCUT2D eigenvalue weighted by atomic mass is 15.6. The molecule has 1 aliphatic carbocycles. The lowest BCUT2D eigenvalue weighted by atomic mass is 10.1. The topological polar surface area (TPSA) is 49.1 Å². The van der Waals surface area contributed by atoms with E-state index in [-0.39, 0.29) is 0 Å². The Bertz CT molecular complexity index is 629. The van der Waals surface area contributed by atoms with E-state index in [0.29, 0.717) is 0 Å². The van der Waals surface area contributed by atoms with Crippen LogP contribution in [-0.2, 0) is 6.42 Å². The summed E-state index contributed by atoms with van der Waals surface area (Å²) in [5.41, 5.74) is 8.07. The second kappa shape index (κ2) is 5.93. The molecule has 4 nitrogen and oxygen atoms in total. The van der Waals surface area contributed by atoms with Crippen molar-refractivity contribution in [3.63, 3.8) is 0 Å². The molecule has 98 valence electrons. The zero-order chi connectivity index (χ0) is 13.6. The quantitative estimate of drug-likeness (QED) is 0.659. The fraction of sp³-hybridized carbons (Fsp3) is 0.0625. The third kappa shape index (κ3) is 2.64. The van der Waals surface area contributed by atoms with Gasteiger partial charge in [0, 0.05) is 0 Å². The Labute approximate surface area is 117 Å². The number of hydrogen-bond donors (Lipinski definition) is 1. The Hall–Kier alpha value is -2.75. The van der Waals surface area contributed by atoms with Crippen molar-refractivity contribution < 1.29 is 0 Å². The molecule has 0 atom stereocenters. The molecule has 0 aromatic heterocycles. The summed E-state index contributed by atoms with van der Waals surface area (Å²) < 4.78 is 0. The molecule has 2 aromatic carbocycles. The number of allylic oxidation sites excluding steroid dienone is 1. The van der Waals surface area contributed by atoms with Crippen molar-refractivity contribution in [3.8, 4) is 11.1 Å². The van der Waals surface area contributed by atoms with Crippen molar-refractivity contribution in [1.29, 1.82) is 0 Å². The zero-order valence-electron chi connectivity index (χ0n) is 10.9. The maximum Gasteiger partial charge on any atom is 0.0529 e. The van der Waals surface area contributed by atoms with Gasteiger partial charge in [-0.25, -0.2) is 0 Å². The lowest BCUT2D eigenvalue weighted by molar-refractivity contribution is 0.756. The van der Waals surface area contributed by atoms with Crippen LogP contribution in [0.1, 0.15) is 11.1 Å². The molecule has 0 spiro atoms. The van der Waals surface area contributed by atoms with Crippen molar-refractivity contribution in [1.82, 2.24) is 5.53 Å². The van der Waals surface area contributed by atoms with E-state index in [4.69, 9.17) is 0 Å². The highest BCUT2D eigenvalue weighted by Crippen LogP contribution is 2.35. The van der Waals surface area contributed by atoms with Gasteiger partial charge in [0.05, 0.1) is 12.4 Å². The van der Waals surface area contributed by atoms with Gasteiger partial charge in [0.15, 0.2) is 0 Å². The summed E-state index contributed by atoms with van der Waals surface area (Å²) in [5.74, 6) is 0. The number of nitrogens with zero attached hydrogens (tertiary/aromatic N) is 3. The average Bonchev–Trinajstić information content (AvgIpc) is 2.68. The Morgan fingerprint density at radius 3 is 2.20 bits per heavy atom. The van der Waals surface area contributed by atoms with Gasteiger partial charge in [-0.2, -0.15) is 10.6 Å². The first-order chi connectivity index (χ1) is 9.95. The van der Waals surface area contributed by atoms with E-state index < -0.39 is 0 Å². The van der Waals surface area contributed by atoms with Crippen LogP contribution in [0.4, 0.5) is 0 Å². The second-order valence-electron chi connectivity index (χ2n) is 4.43. The van der Waals surface area contributed by atoms with Crippen LogP contribution in [-0.4, -0.2) is 6.21 Å². The van der Waals surface area contributed by atoms with E-state index in [1.54, 1.807) is 18.5 Å². The lowest BCUT2D eigenvalue weighted by Gasteiger charge is -1.98. The van der Waals surface area contributed by atoms with Crippen molar-refractivity contribution in [2.75, 3.05) is 0 Å². The number of benzene rings is 2. The lowest BCUT2D eigenvalue weighted by Crippen LogP contribution is -1.88. The van der Waals surface area contributed by atoms with E-state index in [0.717, 1.165) is 6.42 Å². The molecule has 0 bridgehead atoms. The van der Waals surface area contributed by atoms with Crippen LogP contribution in [0.15, 0.2) is 76.2 Å². The van der Waals surface area contributed by atoms with Gasteiger partial charge in [0.1, 0.15) is 0 Å². The highest BCUT2D eigenvalue weighted by Gasteiger charge is 2.15. The smallest absolute Gasteiger partial charge is 0.0529 e. The van der Waals surface area contributed by atoms with E-state index in [2.05, 4.69) is 69.5 Å². The molecule has 2 aromatic rings. The number of nitrogens with one attached hydrogen (secondary N) is 1. The van der Waals surface area contributed by atoms with E-state index in [1.165, 1.54) is 22.3 Å². The molecule has 4 rings (SSSR count). The summed E-state index contributed by atoms with van der Waals surface area (Å²) in [6, 6.07) is 17.3. The van der Waals surface area contributed by atoms with Crippen LogP contribution in [0.3, 0.4) is 0 Å². The van der Waals surface area contributed by atoms with Crippen LogP contribution in [0.2, 0.25) is 0 Å². The summed E-state index contributed by atoms with van der Waals surface area (Å²) >= 11 is 0. The first-order valence-electron chi connectivity index (χ1n) is 6.44. The molecule has 1 N–H and O–H groups in total. The molecular weight excluding hydrogens is 248 g/mol. The third-order valence-electron chi connectivity index (χ3n) is 3.18. The Kier molecular flexibility index (Phi) is 3.64. The molecule has 20 heavy (non-hydrogen) atoms. The van der Waals surface area contributed by atoms with Crippen molar-refractivity contribution in [2.24, 2.45) is 15.4 Å². The molecule has 0 amide bonds. The minimum Gasteiger partial charge on any atom is -0.179 e. The molecule has 0 saturated heterocycles.